The van der Waals surface area contributed by atoms with E-state index < -0.39 is 29.8 Å². The lowest BCUT2D eigenvalue weighted by Gasteiger charge is -2.21. The molecule has 0 aliphatic heterocycles. The number of hydrogen-bond donors (Lipinski definition) is 4. The van der Waals surface area contributed by atoms with Crippen molar-refractivity contribution < 1.29 is 24.2 Å². The predicted octanol–water partition coefficient (Wildman–Crippen LogP) is 1.17. The van der Waals surface area contributed by atoms with Gasteiger partial charge in [-0.1, -0.05) is 0 Å². The smallest absolute Gasteiger partial charge is 0.319 e. The second kappa shape index (κ2) is 6.14. The minimum Gasteiger partial charge on any atom is -0.481 e. The van der Waals surface area contributed by atoms with Crippen molar-refractivity contribution in [1.29, 1.82) is 0 Å². The largest absolute Gasteiger partial charge is 0.481 e. The predicted molar refractivity (Wildman–Crippen MR) is 66.3 cm³/mol. The third-order valence-corrected chi connectivity index (χ3v) is 2.26. The lowest BCUT2D eigenvalue weighted by Crippen LogP contribution is -2.43. The Morgan fingerprint density at radius 2 is 1.89 bits per heavy atom. The zero-order valence-corrected chi connectivity index (χ0v) is 10.3. The van der Waals surface area contributed by atoms with Crippen molar-refractivity contribution >= 4 is 17.7 Å². The molecular weight excluding hydrogens is 255 g/mol. The van der Waals surface area contributed by atoms with Crippen LogP contribution in [-0.4, -0.2) is 34.4 Å². The highest BCUT2D eigenvalue weighted by atomic mass is 19.1. The van der Waals surface area contributed by atoms with Crippen LogP contribution in [0.2, 0.25) is 0 Å². The second-order valence-electron chi connectivity index (χ2n) is 4.38. The molecule has 0 saturated carbocycles. The van der Waals surface area contributed by atoms with Crippen LogP contribution in [0.15, 0.2) is 24.3 Å². The van der Waals surface area contributed by atoms with E-state index in [4.69, 9.17) is 5.11 Å². The van der Waals surface area contributed by atoms with E-state index >= 15 is 0 Å². The minimum atomic E-state index is -1.54. The molecule has 0 aliphatic rings. The molecule has 1 aromatic carbocycles. The van der Waals surface area contributed by atoms with Gasteiger partial charge in [-0.05, 0) is 31.2 Å². The molecule has 0 aromatic heterocycles. The van der Waals surface area contributed by atoms with Crippen LogP contribution in [0.5, 0.6) is 0 Å². The summed E-state index contributed by atoms with van der Waals surface area (Å²) in [7, 11) is 0. The zero-order chi connectivity index (χ0) is 14.5. The normalized spacial score (nSPS) is 13.4. The fraction of sp³-hybridized carbons (Fsp3) is 0.333. The first-order valence-electron chi connectivity index (χ1n) is 5.53. The number of rotatable bonds is 5. The summed E-state index contributed by atoms with van der Waals surface area (Å²) in [6.45, 7) is 1.09. The van der Waals surface area contributed by atoms with Crippen LogP contribution in [0.3, 0.4) is 0 Å². The Morgan fingerprint density at radius 3 is 2.42 bits per heavy atom. The first-order chi connectivity index (χ1) is 8.78. The molecule has 0 fully saturated rings. The SMILES string of the molecule is CC(O)(CNC(=O)Nc1ccc(F)cc1)CC(=O)O. The van der Waals surface area contributed by atoms with Gasteiger partial charge in [-0.2, -0.15) is 0 Å². The first-order valence-corrected chi connectivity index (χ1v) is 5.53. The van der Waals surface area contributed by atoms with Crippen molar-refractivity contribution in [2.75, 3.05) is 11.9 Å². The third kappa shape index (κ3) is 5.82. The van der Waals surface area contributed by atoms with Gasteiger partial charge < -0.3 is 20.8 Å². The number of carbonyl (C=O) groups excluding carboxylic acids is 1. The Morgan fingerprint density at radius 1 is 1.32 bits per heavy atom. The third-order valence-electron chi connectivity index (χ3n) is 2.26. The fourth-order valence-corrected chi connectivity index (χ4v) is 1.37. The van der Waals surface area contributed by atoms with Crippen molar-refractivity contribution in [3.05, 3.63) is 30.1 Å². The molecule has 1 atom stereocenters. The number of aliphatic carboxylic acids is 1. The van der Waals surface area contributed by atoms with E-state index in [9.17, 15) is 19.1 Å². The number of urea groups is 1. The average molecular weight is 270 g/mol. The molecule has 0 bridgehead atoms. The van der Waals surface area contributed by atoms with Crippen molar-refractivity contribution in [1.82, 2.24) is 5.32 Å². The number of carbonyl (C=O) groups is 2. The van der Waals surface area contributed by atoms with Gasteiger partial charge in [0.15, 0.2) is 0 Å². The van der Waals surface area contributed by atoms with Crippen LogP contribution < -0.4 is 10.6 Å². The Bertz CT molecular complexity index is 459. The van der Waals surface area contributed by atoms with E-state index in [1.165, 1.54) is 31.2 Å². The van der Waals surface area contributed by atoms with Gasteiger partial charge in [-0.25, -0.2) is 9.18 Å². The maximum Gasteiger partial charge on any atom is 0.319 e. The van der Waals surface area contributed by atoms with Gasteiger partial charge in [-0.3, -0.25) is 4.79 Å². The van der Waals surface area contributed by atoms with Gasteiger partial charge in [0, 0.05) is 12.2 Å². The number of anilines is 1. The quantitative estimate of drug-likeness (QED) is 0.645. The maximum absolute atomic E-state index is 12.6. The van der Waals surface area contributed by atoms with Crippen LogP contribution in [0, 0.1) is 5.82 Å². The highest BCUT2D eigenvalue weighted by Gasteiger charge is 2.24. The monoisotopic (exact) mass is 270 g/mol. The molecule has 2 amide bonds. The molecule has 104 valence electrons. The Balaban J connectivity index is 2.43. The summed E-state index contributed by atoms with van der Waals surface area (Å²) in [5, 5.41) is 23.0. The molecule has 6 nitrogen and oxygen atoms in total. The number of nitrogens with one attached hydrogen (secondary N) is 2. The van der Waals surface area contributed by atoms with Crippen molar-refractivity contribution in [3.8, 4) is 0 Å². The standard InChI is InChI=1S/C12H15FN2O4/c1-12(19,6-10(16)17)7-14-11(18)15-9-4-2-8(13)3-5-9/h2-5,19H,6-7H2,1H3,(H,16,17)(H2,14,15,18). The summed E-state index contributed by atoms with van der Waals surface area (Å²) >= 11 is 0. The van der Waals surface area contributed by atoms with Gasteiger partial charge in [-0.15, -0.1) is 0 Å². The molecule has 0 spiro atoms. The van der Waals surface area contributed by atoms with Crippen molar-refractivity contribution in [2.24, 2.45) is 0 Å². The molecule has 7 heteroatoms. The lowest BCUT2D eigenvalue weighted by atomic mass is 10.0. The first kappa shape index (κ1) is 14.9. The zero-order valence-electron chi connectivity index (χ0n) is 10.3. The molecule has 1 unspecified atom stereocenters. The molecule has 1 aromatic rings. The topological polar surface area (TPSA) is 98.7 Å². The Hall–Kier alpha value is -2.15. The summed E-state index contributed by atoms with van der Waals surface area (Å²) in [4.78, 5) is 21.9. The molecule has 0 radical (unpaired) electrons. The van der Waals surface area contributed by atoms with Crippen LogP contribution in [-0.2, 0) is 4.79 Å². The fourth-order valence-electron chi connectivity index (χ4n) is 1.37. The van der Waals surface area contributed by atoms with Crippen molar-refractivity contribution in [3.63, 3.8) is 0 Å². The van der Waals surface area contributed by atoms with E-state index in [-0.39, 0.29) is 6.54 Å². The lowest BCUT2D eigenvalue weighted by molar-refractivity contribution is -0.141. The summed E-state index contributed by atoms with van der Waals surface area (Å²) in [5.41, 5.74) is -1.15. The molecule has 4 N–H and O–H groups in total. The van der Waals surface area contributed by atoms with Crippen LogP contribution in [0.1, 0.15) is 13.3 Å². The van der Waals surface area contributed by atoms with Crippen molar-refractivity contribution in [2.45, 2.75) is 18.9 Å². The van der Waals surface area contributed by atoms with Gasteiger partial charge in [0.1, 0.15) is 5.82 Å². The molecular formula is C12H15FN2O4. The number of amides is 2. The van der Waals surface area contributed by atoms with E-state index in [1.807, 2.05) is 0 Å². The number of aliphatic hydroxyl groups is 1. The van der Waals surface area contributed by atoms with Gasteiger partial charge in [0.25, 0.3) is 0 Å². The molecule has 19 heavy (non-hydrogen) atoms. The van der Waals surface area contributed by atoms with Gasteiger partial charge in [0.05, 0.1) is 12.0 Å². The minimum absolute atomic E-state index is 0.216. The highest BCUT2D eigenvalue weighted by molar-refractivity contribution is 5.89. The summed E-state index contributed by atoms with van der Waals surface area (Å²) in [6, 6.07) is 4.53. The second-order valence-corrected chi connectivity index (χ2v) is 4.38. The number of benzene rings is 1. The average Bonchev–Trinajstić information content (AvgIpc) is 2.28. The molecule has 0 heterocycles. The van der Waals surface area contributed by atoms with E-state index in [2.05, 4.69) is 10.6 Å². The summed E-state index contributed by atoms with van der Waals surface area (Å²) < 4.78 is 12.6. The maximum atomic E-state index is 12.6. The number of halogens is 1. The van der Waals surface area contributed by atoms with E-state index in [1.54, 1.807) is 0 Å². The van der Waals surface area contributed by atoms with E-state index in [0.29, 0.717) is 5.69 Å². The summed E-state index contributed by atoms with van der Waals surface area (Å²) in [6.07, 6.45) is -0.482. The number of carboxylic acids is 1. The molecule has 1 rings (SSSR count). The van der Waals surface area contributed by atoms with Crippen LogP contribution >= 0.6 is 0 Å². The Kier molecular flexibility index (Phi) is 4.82. The summed E-state index contributed by atoms with van der Waals surface area (Å²) in [5.74, 6) is -1.58. The van der Waals surface area contributed by atoms with Crippen LogP contribution in [0.4, 0.5) is 14.9 Å². The van der Waals surface area contributed by atoms with Gasteiger partial charge in [0.2, 0.25) is 0 Å². The van der Waals surface area contributed by atoms with Crippen LogP contribution in [0.25, 0.3) is 0 Å². The van der Waals surface area contributed by atoms with E-state index in [0.717, 1.165) is 0 Å². The molecule has 0 aliphatic carbocycles. The highest BCUT2D eigenvalue weighted by Crippen LogP contribution is 2.09. The molecule has 0 saturated heterocycles. The number of hydrogen-bond acceptors (Lipinski definition) is 3. The number of carboxylic acid groups (broad SMARTS) is 1. The van der Waals surface area contributed by atoms with Gasteiger partial charge >= 0.3 is 12.0 Å². The Labute approximate surface area is 109 Å².